The summed E-state index contributed by atoms with van der Waals surface area (Å²) < 4.78 is 10.8. The molecule has 0 radical (unpaired) electrons. The van der Waals surface area contributed by atoms with Crippen molar-refractivity contribution in [3.05, 3.63) is 41.3 Å². The van der Waals surface area contributed by atoms with Crippen molar-refractivity contribution in [2.45, 2.75) is 39.2 Å². The van der Waals surface area contributed by atoms with Gasteiger partial charge in [-0.25, -0.2) is 0 Å². The van der Waals surface area contributed by atoms with Crippen LogP contribution in [0, 0.1) is 6.92 Å². The number of aromatic nitrogens is 3. The van der Waals surface area contributed by atoms with Gasteiger partial charge < -0.3 is 14.2 Å². The van der Waals surface area contributed by atoms with E-state index >= 15 is 0 Å². The van der Waals surface area contributed by atoms with Gasteiger partial charge in [0.05, 0.1) is 30.6 Å². The Bertz CT molecular complexity index is 686. The van der Waals surface area contributed by atoms with Crippen molar-refractivity contribution >= 4 is 5.91 Å². The molecule has 7 nitrogen and oxygen atoms in total. The standard InChI is InChI=1S/C17H22N4O3/c1-3-15-16(12(2)24-20-15)17(22)21-8-9-23-11-14(21)5-4-13-10-18-6-7-19-13/h6-7,10,14H,3-5,8-9,11H2,1-2H3. The van der Waals surface area contributed by atoms with E-state index in [1.807, 2.05) is 11.8 Å². The van der Waals surface area contributed by atoms with E-state index in [1.54, 1.807) is 25.5 Å². The smallest absolute Gasteiger partial charge is 0.259 e. The Hall–Kier alpha value is -2.28. The molecule has 128 valence electrons. The molecule has 1 fully saturated rings. The predicted molar refractivity (Wildman–Crippen MR) is 86.6 cm³/mol. The van der Waals surface area contributed by atoms with Crippen molar-refractivity contribution < 1.29 is 14.1 Å². The van der Waals surface area contributed by atoms with E-state index in [0.717, 1.165) is 24.2 Å². The lowest BCUT2D eigenvalue weighted by atomic mass is 10.0. The quantitative estimate of drug-likeness (QED) is 0.831. The largest absolute Gasteiger partial charge is 0.377 e. The van der Waals surface area contributed by atoms with Crippen LogP contribution in [0.2, 0.25) is 0 Å². The van der Waals surface area contributed by atoms with E-state index < -0.39 is 0 Å². The zero-order chi connectivity index (χ0) is 16.9. The maximum atomic E-state index is 13.0. The molecule has 1 amide bonds. The maximum absolute atomic E-state index is 13.0. The summed E-state index contributed by atoms with van der Waals surface area (Å²) in [6, 6.07) is 0.0206. The van der Waals surface area contributed by atoms with E-state index in [1.165, 1.54) is 0 Å². The second kappa shape index (κ2) is 7.53. The number of amides is 1. The fourth-order valence-corrected chi connectivity index (χ4v) is 3.01. The average Bonchev–Trinajstić information content (AvgIpc) is 3.01. The van der Waals surface area contributed by atoms with Crippen molar-refractivity contribution in [1.29, 1.82) is 0 Å². The number of carbonyl (C=O) groups excluding carboxylic acids is 1. The fraction of sp³-hybridized carbons (Fsp3) is 0.529. The highest BCUT2D eigenvalue weighted by molar-refractivity contribution is 5.96. The summed E-state index contributed by atoms with van der Waals surface area (Å²) in [6.07, 6.45) is 7.32. The Morgan fingerprint density at radius 1 is 1.42 bits per heavy atom. The molecule has 0 bridgehead atoms. The topological polar surface area (TPSA) is 81.4 Å². The average molecular weight is 330 g/mol. The second-order valence-electron chi connectivity index (χ2n) is 5.88. The van der Waals surface area contributed by atoms with E-state index in [4.69, 9.17) is 9.26 Å². The molecule has 3 heterocycles. The molecule has 1 saturated heterocycles. The second-order valence-corrected chi connectivity index (χ2v) is 5.88. The van der Waals surface area contributed by atoms with Crippen LogP contribution in [0.5, 0.6) is 0 Å². The van der Waals surface area contributed by atoms with Gasteiger partial charge in [-0.05, 0) is 26.2 Å². The highest BCUT2D eigenvalue weighted by atomic mass is 16.5. The number of ether oxygens (including phenoxy) is 1. The van der Waals surface area contributed by atoms with Gasteiger partial charge in [0.1, 0.15) is 11.3 Å². The molecule has 0 spiro atoms. The predicted octanol–water partition coefficient (Wildman–Crippen LogP) is 1.81. The van der Waals surface area contributed by atoms with E-state index in [-0.39, 0.29) is 11.9 Å². The van der Waals surface area contributed by atoms with Gasteiger partial charge in [0.15, 0.2) is 0 Å². The van der Waals surface area contributed by atoms with Crippen LogP contribution >= 0.6 is 0 Å². The minimum absolute atomic E-state index is 0.0157. The molecule has 24 heavy (non-hydrogen) atoms. The van der Waals surface area contributed by atoms with Gasteiger partial charge in [0.2, 0.25) is 0 Å². The van der Waals surface area contributed by atoms with Crippen LogP contribution in [0.4, 0.5) is 0 Å². The first-order valence-electron chi connectivity index (χ1n) is 8.29. The molecule has 2 aromatic rings. The van der Waals surface area contributed by atoms with Crippen molar-refractivity contribution in [3.8, 4) is 0 Å². The normalized spacial score (nSPS) is 17.9. The third-order valence-corrected chi connectivity index (χ3v) is 4.32. The van der Waals surface area contributed by atoms with E-state index in [2.05, 4.69) is 15.1 Å². The molecule has 1 atom stereocenters. The molecule has 1 aliphatic heterocycles. The summed E-state index contributed by atoms with van der Waals surface area (Å²) in [5.74, 6) is 0.564. The van der Waals surface area contributed by atoms with Gasteiger partial charge in [-0.3, -0.25) is 14.8 Å². The molecule has 0 N–H and O–H groups in total. The lowest BCUT2D eigenvalue weighted by Gasteiger charge is -2.35. The van der Waals surface area contributed by atoms with Crippen LogP contribution in [0.25, 0.3) is 0 Å². The highest BCUT2D eigenvalue weighted by Crippen LogP contribution is 2.21. The minimum Gasteiger partial charge on any atom is -0.377 e. The first kappa shape index (κ1) is 16.6. The summed E-state index contributed by atoms with van der Waals surface area (Å²) in [6.45, 7) is 5.43. The van der Waals surface area contributed by atoms with Crippen molar-refractivity contribution in [2.75, 3.05) is 19.8 Å². The zero-order valence-corrected chi connectivity index (χ0v) is 14.1. The van der Waals surface area contributed by atoms with Crippen LogP contribution in [0.1, 0.15) is 40.9 Å². The van der Waals surface area contributed by atoms with Crippen LogP contribution in [-0.4, -0.2) is 51.7 Å². The zero-order valence-electron chi connectivity index (χ0n) is 14.1. The number of carbonyl (C=O) groups is 1. The third-order valence-electron chi connectivity index (χ3n) is 4.32. The molecular weight excluding hydrogens is 308 g/mol. The number of aryl methyl sites for hydroxylation is 3. The first-order valence-corrected chi connectivity index (χ1v) is 8.29. The maximum Gasteiger partial charge on any atom is 0.259 e. The van der Waals surface area contributed by atoms with Crippen molar-refractivity contribution in [3.63, 3.8) is 0 Å². The van der Waals surface area contributed by atoms with Crippen molar-refractivity contribution in [2.24, 2.45) is 0 Å². The van der Waals surface area contributed by atoms with Crippen LogP contribution in [0.3, 0.4) is 0 Å². The van der Waals surface area contributed by atoms with E-state index in [9.17, 15) is 4.79 Å². The number of hydrogen-bond acceptors (Lipinski definition) is 6. The van der Waals surface area contributed by atoms with Crippen LogP contribution in [-0.2, 0) is 17.6 Å². The van der Waals surface area contributed by atoms with Gasteiger partial charge in [0.25, 0.3) is 5.91 Å². The molecule has 2 aromatic heterocycles. The Labute approximate surface area is 141 Å². The Morgan fingerprint density at radius 3 is 3.04 bits per heavy atom. The Morgan fingerprint density at radius 2 is 2.29 bits per heavy atom. The molecule has 0 aromatic carbocycles. The molecule has 3 rings (SSSR count). The SMILES string of the molecule is CCc1noc(C)c1C(=O)N1CCOCC1CCc1cnccn1. The third kappa shape index (κ3) is 3.46. The first-order chi connectivity index (χ1) is 11.7. The highest BCUT2D eigenvalue weighted by Gasteiger charge is 2.31. The summed E-state index contributed by atoms with van der Waals surface area (Å²) in [4.78, 5) is 23.3. The minimum atomic E-state index is -0.0157. The molecule has 0 aliphatic carbocycles. The molecule has 0 saturated carbocycles. The summed E-state index contributed by atoms with van der Waals surface area (Å²) in [5.41, 5.74) is 2.24. The molecule has 1 aliphatic rings. The van der Waals surface area contributed by atoms with Gasteiger partial charge in [-0.1, -0.05) is 12.1 Å². The number of nitrogens with zero attached hydrogens (tertiary/aromatic N) is 4. The molecular formula is C17H22N4O3. The summed E-state index contributed by atoms with van der Waals surface area (Å²) in [5, 5.41) is 4.00. The Balaban J connectivity index is 1.74. The summed E-state index contributed by atoms with van der Waals surface area (Å²) >= 11 is 0. The number of hydrogen-bond donors (Lipinski definition) is 0. The Kier molecular flexibility index (Phi) is 5.20. The van der Waals surface area contributed by atoms with Gasteiger partial charge in [-0.2, -0.15) is 0 Å². The van der Waals surface area contributed by atoms with Crippen LogP contribution < -0.4 is 0 Å². The lowest BCUT2D eigenvalue weighted by Crippen LogP contribution is -2.49. The van der Waals surface area contributed by atoms with Crippen LogP contribution in [0.15, 0.2) is 23.1 Å². The van der Waals surface area contributed by atoms with Crippen molar-refractivity contribution in [1.82, 2.24) is 20.0 Å². The molecule has 1 unspecified atom stereocenters. The van der Waals surface area contributed by atoms with Gasteiger partial charge in [0, 0.05) is 25.1 Å². The summed E-state index contributed by atoms with van der Waals surface area (Å²) in [7, 11) is 0. The number of morpholine rings is 1. The van der Waals surface area contributed by atoms with Gasteiger partial charge in [-0.15, -0.1) is 0 Å². The lowest BCUT2D eigenvalue weighted by molar-refractivity contribution is -0.00426. The van der Waals surface area contributed by atoms with Gasteiger partial charge >= 0.3 is 0 Å². The fourth-order valence-electron chi connectivity index (χ4n) is 3.01. The molecule has 7 heteroatoms. The number of rotatable bonds is 5. The van der Waals surface area contributed by atoms with E-state index in [0.29, 0.717) is 37.5 Å². The monoisotopic (exact) mass is 330 g/mol.